The van der Waals surface area contributed by atoms with Crippen LogP contribution in [0.3, 0.4) is 0 Å². The van der Waals surface area contributed by atoms with Crippen LogP contribution in [-0.2, 0) is 19.8 Å². The third kappa shape index (κ3) is 3.70. The number of carbonyl (C=O) groups is 2. The number of aromatic nitrogens is 1. The Bertz CT molecular complexity index is 1560. The fourth-order valence-electron chi connectivity index (χ4n) is 4.40. The van der Waals surface area contributed by atoms with Crippen LogP contribution in [-0.4, -0.2) is 21.3 Å². The van der Waals surface area contributed by atoms with E-state index in [4.69, 9.17) is 11.6 Å². The number of rotatable bonds is 3. The second-order valence-electron chi connectivity index (χ2n) is 8.19. The van der Waals surface area contributed by atoms with Gasteiger partial charge in [0.15, 0.2) is 0 Å². The summed E-state index contributed by atoms with van der Waals surface area (Å²) in [6.07, 6.45) is -4.52. The lowest BCUT2D eigenvalue weighted by Crippen LogP contribution is -2.33. The predicted octanol–water partition coefficient (Wildman–Crippen LogP) is 5.67. The molecule has 5 nitrogen and oxygen atoms in total. The van der Waals surface area contributed by atoms with Gasteiger partial charge in [0.25, 0.3) is 17.4 Å². The number of hydrogen-bond donors (Lipinski definition) is 0. The molecule has 0 fully saturated rings. The Hall–Kier alpha value is -3.91. The van der Waals surface area contributed by atoms with E-state index in [0.717, 1.165) is 17.0 Å². The summed E-state index contributed by atoms with van der Waals surface area (Å²) in [4.78, 5) is 40.2. The van der Waals surface area contributed by atoms with Gasteiger partial charge >= 0.3 is 6.18 Å². The van der Waals surface area contributed by atoms with Crippen molar-refractivity contribution in [3.63, 3.8) is 0 Å². The van der Waals surface area contributed by atoms with Gasteiger partial charge in [0.05, 0.1) is 23.2 Å². The van der Waals surface area contributed by atoms with Gasteiger partial charge in [0.1, 0.15) is 0 Å². The largest absolute Gasteiger partial charge is 0.416 e. The Morgan fingerprint density at radius 2 is 1.43 bits per heavy atom. The normalized spacial score (nSPS) is 13.6. The molecule has 0 unspecified atom stereocenters. The van der Waals surface area contributed by atoms with Crippen molar-refractivity contribution in [2.75, 3.05) is 0 Å². The van der Waals surface area contributed by atoms with Crippen molar-refractivity contribution >= 4 is 34.2 Å². The highest BCUT2D eigenvalue weighted by Gasteiger charge is 2.36. The standard InChI is InChI=1S/C26H16ClF3N2O3/c1-31-21(13-32-24(34)17-4-2-3-5-18(17)25(32)35)22(14-6-8-15(9-7-14)26(28,29)30)20-12-16(27)10-11-19(20)23(31)33/h2-12H,13H2,1H3. The smallest absolute Gasteiger partial charge is 0.313 e. The molecule has 1 aromatic heterocycles. The van der Waals surface area contributed by atoms with E-state index in [9.17, 15) is 27.6 Å². The second kappa shape index (κ2) is 8.09. The number of nitrogens with zero attached hydrogens (tertiary/aromatic N) is 2. The van der Waals surface area contributed by atoms with Crippen molar-refractivity contribution in [2.45, 2.75) is 12.7 Å². The fraction of sp³-hybridized carbons (Fsp3) is 0.115. The summed E-state index contributed by atoms with van der Waals surface area (Å²) in [5.74, 6) is -1.02. The molecule has 0 N–H and O–H groups in total. The number of benzene rings is 3. The molecule has 2 amide bonds. The minimum absolute atomic E-state index is 0.252. The molecular formula is C26H16ClF3N2O3. The maximum atomic E-state index is 13.2. The Morgan fingerprint density at radius 1 is 0.829 bits per heavy atom. The van der Waals surface area contributed by atoms with Crippen LogP contribution >= 0.6 is 11.6 Å². The van der Waals surface area contributed by atoms with Gasteiger partial charge in [-0.2, -0.15) is 13.2 Å². The lowest BCUT2D eigenvalue weighted by atomic mass is 9.95. The van der Waals surface area contributed by atoms with E-state index in [-0.39, 0.29) is 23.2 Å². The molecule has 0 radical (unpaired) electrons. The van der Waals surface area contributed by atoms with Crippen molar-refractivity contribution in [3.8, 4) is 11.1 Å². The molecule has 0 spiro atoms. The van der Waals surface area contributed by atoms with Crippen LogP contribution in [0.2, 0.25) is 5.02 Å². The molecule has 35 heavy (non-hydrogen) atoms. The molecule has 1 aliphatic heterocycles. The van der Waals surface area contributed by atoms with Gasteiger partial charge in [-0.3, -0.25) is 19.3 Å². The first-order valence-electron chi connectivity index (χ1n) is 10.5. The molecular weight excluding hydrogens is 481 g/mol. The molecule has 0 aliphatic carbocycles. The average molecular weight is 497 g/mol. The molecule has 0 bridgehead atoms. The topological polar surface area (TPSA) is 59.4 Å². The summed E-state index contributed by atoms with van der Waals surface area (Å²) in [5, 5.41) is 1.04. The maximum Gasteiger partial charge on any atom is 0.416 e. The summed E-state index contributed by atoms with van der Waals surface area (Å²) in [7, 11) is 1.50. The van der Waals surface area contributed by atoms with Crippen LogP contribution in [0, 0.1) is 0 Å². The highest BCUT2D eigenvalue weighted by Crippen LogP contribution is 2.36. The number of carbonyl (C=O) groups excluding carboxylic acids is 2. The highest BCUT2D eigenvalue weighted by molar-refractivity contribution is 6.31. The number of alkyl halides is 3. The third-order valence-electron chi connectivity index (χ3n) is 6.17. The molecule has 3 aromatic carbocycles. The molecule has 9 heteroatoms. The van der Waals surface area contributed by atoms with E-state index in [1.165, 1.54) is 23.7 Å². The van der Waals surface area contributed by atoms with Crippen molar-refractivity contribution in [1.29, 1.82) is 0 Å². The summed E-state index contributed by atoms with van der Waals surface area (Å²) in [6, 6.07) is 15.5. The molecule has 2 heterocycles. The van der Waals surface area contributed by atoms with E-state index < -0.39 is 23.6 Å². The molecule has 4 aromatic rings. The Balaban J connectivity index is 1.74. The molecule has 5 rings (SSSR count). The van der Waals surface area contributed by atoms with E-state index in [1.54, 1.807) is 42.5 Å². The Labute approximate surface area is 202 Å². The number of imide groups is 1. The first kappa shape index (κ1) is 22.9. The number of pyridine rings is 1. The molecule has 0 saturated heterocycles. The first-order valence-corrected chi connectivity index (χ1v) is 10.9. The van der Waals surface area contributed by atoms with Crippen LogP contribution in [0.5, 0.6) is 0 Å². The third-order valence-corrected chi connectivity index (χ3v) is 6.40. The first-order chi connectivity index (χ1) is 16.6. The zero-order valence-electron chi connectivity index (χ0n) is 18.2. The van der Waals surface area contributed by atoms with Crippen molar-refractivity contribution in [2.24, 2.45) is 7.05 Å². The predicted molar refractivity (Wildman–Crippen MR) is 125 cm³/mol. The maximum absolute atomic E-state index is 13.2. The van der Waals surface area contributed by atoms with Crippen LogP contribution in [0.25, 0.3) is 21.9 Å². The van der Waals surface area contributed by atoms with Crippen LogP contribution in [0.1, 0.15) is 32.0 Å². The van der Waals surface area contributed by atoms with E-state index in [2.05, 4.69) is 0 Å². The highest BCUT2D eigenvalue weighted by atomic mass is 35.5. The summed E-state index contributed by atoms with van der Waals surface area (Å²) in [6.45, 7) is -0.253. The molecule has 176 valence electrons. The molecule has 1 aliphatic rings. The van der Waals surface area contributed by atoms with Crippen LogP contribution in [0.15, 0.2) is 71.5 Å². The lowest BCUT2D eigenvalue weighted by Gasteiger charge is -2.22. The summed E-state index contributed by atoms with van der Waals surface area (Å²) < 4.78 is 40.8. The molecule has 0 saturated carbocycles. The minimum atomic E-state index is -4.52. The average Bonchev–Trinajstić information content (AvgIpc) is 3.07. The minimum Gasteiger partial charge on any atom is -0.313 e. The van der Waals surface area contributed by atoms with Crippen LogP contribution < -0.4 is 5.56 Å². The number of amides is 2. The summed E-state index contributed by atoms with van der Waals surface area (Å²) in [5.41, 5.74) is 0.375. The fourth-order valence-corrected chi connectivity index (χ4v) is 4.57. The van der Waals surface area contributed by atoms with Gasteiger partial charge in [-0.05, 0) is 53.4 Å². The van der Waals surface area contributed by atoms with Crippen molar-refractivity contribution in [3.05, 3.63) is 104 Å². The van der Waals surface area contributed by atoms with Gasteiger partial charge in [0.2, 0.25) is 0 Å². The van der Waals surface area contributed by atoms with Gasteiger partial charge in [-0.15, -0.1) is 0 Å². The summed E-state index contributed by atoms with van der Waals surface area (Å²) >= 11 is 6.21. The zero-order chi connectivity index (χ0) is 25.1. The Morgan fingerprint density at radius 3 is 2.00 bits per heavy atom. The number of halogens is 4. The SMILES string of the molecule is Cn1c(CN2C(=O)c3ccccc3C2=O)c(-c2ccc(C(F)(F)F)cc2)c2cc(Cl)ccc2c1=O. The van der Waals surface area contributed by atoms with Gasteiger partial charge in [-0.1, -0.05) is 35.9 Å². The van der Waals surface area contributed by atoms with Gasteiger partial charge in [-0.25, -0.2) is 0 Å². The van der Waals surface area contributed by atoms with Crippen molar-refractivity contribution < 1.29 is 22.8 Å². The van der Waals surface area contributed by atoms with E-state index >= 15 is 0 Å². The van der Waals surface area contributed by atoms with Gasteiger partial charge < -0.3 is 4.57 Å². The van der Waals surface area contributed by atoms with Crippen LogP contribution in [0.4, 0.5) is 13.2 Å². The zero-order valence-corrected chi connectivity index (χ0v) is 18.9. The quantitative estimate of drug-likeness (QED) is 0.343. The monoisotopic (exact) mass is 496 g/mol. The Kier molecular flexibility index (Phi) is 5.29. The van der Waals surface area contributed by atoms with Gasteiger partial charge in [0, 0.05) is 28.7 Å². The second-order valence-corrected chi connectivity index (χ2v) is 8.63. The number of hydrogen-bond acceptors (Lipinski definition) is 3. The number of fused-ring (bicyclic) bond motifs is 2. The lowest BCUT2D eigenvalue weighted by molar-refractivity contribution is -0.137. The molecule has 0 atom stereocenters. The van der Waals surface area contributed by atoms with E-state index in [0.29, 0.717) is 32.6 Å². The van der Waals surface area contributed by atoms with Crippen molar-refractivity contribution in [1.82, 2.24) is 9.47 Å². The van der Waals surface area contributed by atoms with E-state index in [1.807, 2.05) is 0 Å².